The van der Waals surface area contributed by atoms with Gasteiger partial charge in [0.05, 0.1) is 6.42 Å². The lowest BCUT2D eigenvalue weighted by atomic mass is 10.1. The Morgan fingerprint density at radius 2 is 2.12 bits per heavy atom. The van der Waals surface area contributed by atoms with E-state index in [0.29, 0.717) is 18.0 Å². The predicted octanol–water partition coefficient (Wildman–Crippen LogP) is 2.39. The molecule has 1 amide bonds. The number of nitrogens with one attached hydrogen (secondary N) is 1. The fourth-order valence-electron chi connectivity index (χ4n) is 2.85. The molecule has 3 aromatic rings. The van der Waals surface area contributed by atoms with Crippen molar-refractivity contribution in [3.8, 4) is 0 Å². The Hall–Kier alpha value is -2.48. The molecule has 8 heteroatoms. The zero-order valence-electron chi connectivity index (χ0n) is 14.2. The molecule has 0 radical (unpaired) electrons. The molecule has 3 aromatic heterocycles. The van der Waals surface area contributed by atoms with Gasteiger partial charge in [-0.25, -0.2) is 14.5 Å². The average Bonchev–Trinajstić information content (AvgIpc) is 2.94. The number of carbonyl (C=O) groups excluding carboxylic acids is 1. The minimum Gasteiger partial charge on any atom is -0.297 e. The van der Waals surface area contributed by atoms with Crippen LogP contribution >= 0.6 is 15.9 Å². The van der Waals surface area contributed by atoms with Gasteiger partial charge in [0.15, 0.2) is 5.65 Å². The Bertz CT molecular complexity index is 991. The van der Waals surface area contributed by atoms with Crippen LogP contribution in [0, 0.1) is 13.8 Å². The quantitative estimate of drug-likeness (QED) is 0.724. The molecule has 0 saturated heterocycles. The minimum absolute atomic E-state index is 0.0702. The molecule has 3 rings (SSSR count). The van der Waals surface area contributed by atoms with E-state index in [1.165, 1.54) is 6.07 Å². The van der Waals surface area contributed by atoms with Crippen molar-refractivity contribution in [1.29, 1.82) is 0 Å². The third kappa shape index (κ3) is 3.34. The fraction of sp³-hybridized carbons (Fsp3) is 0.294. The Kier molecular flexibility index (Phi) is 4.71. The van der Waals surface area contributed by atoms with Gasteiger partial charge in [-0.3, -0.25) is 19.6 Å². The number of nitrogens with zero attached hydrogens (tertiary/aromatic N) is 4. The summed E-state index contributed by atoms with van der Waals surface area (Å²) in [6, 6.07) is 5.10. The molecule has 0 fully saturated rings. The largest absolute Gasteiger partial charge is 0.297 e. The number of anilines is 1. The highest BCUT2D eigenvalue weighted by Gasteiger charge is 2.19. The SMILES string of the molecule is CCN(C(=O)Cc1c(C)nc2cc(=O)[nH]n2c1C)c1ccc(Br)cn1. The number of rotatable bonds is 4. The number of carbonyl (C=O) groups is 1. The lowest BCUT2D eigenvalue weighted by molar-refractivity contribution is -0.118. The lowest BCUT2D eigenvalue weighted by Gasteiger charge is -2.21. The van der Waals surface area contributed by atoms with Crippen LogP contribution in [-0.2, 0) is 11.2 Å². The van der Waals surface area contributed by atoms with Crippen molar-refractivity contribution in [3.63, 3.8) is 0 Å². The van der Waals surface area contributed by atoms with Crippen molar-refractivity contribution in [2.45, 2.75) is 27.2 Å². The van der Waals surface area contributed by atoms with Gasteiger partial charge in [0.25, 0.3) is 5.56 Å². The fourth-order valence-corrected chi connectivity index (χ4v) is 3.09. The van der Waals surface area contributed by atoms with E-state index in [1.807, 2.05) is 26.8 Å². The van der Waals surface area contributed by atoms with Gasteiger partial charge in [-0.2, -0.15) is 0 Å². The van der Waals surface area contributed by atoms with Gasteiger partial charge in [-0.05, 0) is 48.8 Å². The molecule has 0 aliphatic carbocycles. The summed E-state index contributed by atoms with van der Waals surface area (Å²) in [6.07, 6.45) is 1.85. The standard InChI is InChI=1S/C17H18BrN5O2/c1-4-22(14-6-5-12(18)9-19-14)17(25)7-13-10(2)20-15-8-16(24)21-23(15)11(13)3/h5-6,8-9H,4,7H2,1-3H3,(H,21,24). The molecular weight excluding hydrogens is 386 g/mol. The number of H-pyrrole nitrogens is 1. The normalized spacial score (nSPS) is 11.0. The molecule has 0 aromatic carbocycles. The minimum atomic E-state index is -0.215. The van der Waals surface area contributed by atoms with Gasteiger partial charge in [-0.15, -0.1) is 0 Å². The smallest absolute Gasteiger partial charge is 0.266 e. The summed E-state index contributed by atoms with van der Waals surface area (Å²) in [4.78, 5) is 34.7. The summed E-state index contributed by atoms with van der Waals surface area (Å²) in [5.41, 5.74) is 2.69. The number of aromatic amines is 1. The van der Waals surface area contributed by atoms with Crippen molar-refractivity contribution in [2.75, 3.05) is 11.4 Å². The van der Waals surface area contributed by atoms with Crippen LogP contribution in [0.1, 0.15) is 23.9 Å². The Morgan fingerprint density at radius 1 is 1.36 bits per heavy atom. The second kappa shape index (κ2) is 6.79. The second-order valence-electron chi connectivity index (χ2n) is 5.72. The van der Waals surface area contributed by atoms with Crippen LogP contribution in [0.4, 0.5) is 5.82 Å². The van der Waals surface area contributed by atoms with Crippen LogP contribution in [-0.4, -0.2) is 32.0 Å². The highest BCUT2D eigenvalue weighted by atomic mass is 79.9. The topological polar surface area (TPSA) is 83.4 Å². The summed E-state index contributed by atoms with van der Waals surface area (Å²) in [5, 5.41) is 2.70. The summed E-state index contributed by atoms with van der Waals surface area (Å²) < 4.78 is 2.48. The summed E-state index contributed by atoms with van der Waals surface area (Å²) in [6.45, 7) is 6.14. The van der Waals surface area contributed by atoms with Crippen LogP contribution in [0.15, 0.2) is 33.7 Å². The number of likely N-dealkylation sites (N-methyl/N-ethyl adjacent to an activating group) is 1. The third-order valence-corrected chi connectivity index (χ3v) is 4.61. The molecule has 130 valence electrons. The first kappa shape index (κ1) is 17.3. The van der Waals surface area contributed by atoms with Crippen molar-refractivity contribution in [3.05, 3.63) is 56.2 Å². The molecule has 7 nitrogen and oxygen atoms in total. The lowest BCUT2D eigenvalue weighted by Crippen LogP contribution is -2.33. The summed E-state index contributed by atoms with van der Waals surface area (Å²) in [7, 11) is 0. The van der Waals surface area contributed by atoms with Crippen molar-refractivity contribution in [1.82, 2.24) is 19.6 Å². The first-order valence-corrected chi connectivity index (χ1v) is 8.69. The average molecular weight is 404 g/mol. The number of halogens is 1. The van der Waals surface area contributed by atoms with Crippen molar-refractivity contribution >= 4 is 33.3 Å². The van der Waals surface area contributed by atoms with Gasteiger partial charge in [0, 0.05) is 40.2 Å². The number of amides is 1. The zero-order chi connectivity index (χ0) is 18.1. The summed E-state index contributed by atoms with van der Waals surface area (Å²) in [5.74, 6) is 0.536. The van der Waals surface area contributed by atoms with E-state index in [9.17, 15) is 9.59 Å². The number of pyridine rings is 1. The van der Waals surface area contributed by atoms with Crippen molar-refractivity contribution < 1.29 is 4.79 Å². The first-order chi connectivity index (χ1) is 11.9. The zero-order valence-corrected chi connectivity index (χ0v) is 15.8. The van der Waals surface area contributed by atoms with Gasteiger partial charge < -0.3 is 0 Å². The molecule has 0 bridgehead atoms. The van der Waals surface area contributed by atoms with Crippen LogP contribution in [0.2, 0.25) is 0 Å². The van der Waals surface area contributed by atoms with Crippen LogP contribution in [0.25, 0.3) is 5.65 Å². The molecule has 0 atom stereocenters. The number of fused-ring (bicyclic) bond motifs is 1. The van der Waals surface area contributed by atoms with E-state index < -0.39 is 0 Å². The molecule has 0 spiro atoms. The monoisotopic (exact) mass is 403 g/mol. The van der Waals surface area contributed by atoms with E-state index in [-0.39, 0.29) is 17.9 Å². The first-order valence-electron chi connectivity index (χ1n) is 7.90. The van der Waals surface area contributed by atoms with E-state index >= 15 is 0 Å². The number of hydrogen-bond acceptors (Lipinski definition) is 4. The molecular formula is C17H18BrN5O2. The molecule has 0 aliphatic heterocycles. The van der Waals surface area contributed by atoms with Crippen LogP contribution in [0.5, 0.6) is 0 Å². The molecule has 1 N–H and O–H groups in total. The maximum atomic E-state index is 12.8. The van der Waals surface area contributed by atoms with Crippen LogP contribution < -0.4 is 10.5 Å². The highest BCUT2D eigenvalue weighted by Crippen LogP contribution is 2.19. The van der Waals surface area contributed by atoms with E-state index in [2.05, 4.69) is 31.0 Å². The van der Waals surface area contributed by atoms with E-state index in [0.717, 1.165) is 21.4 Å². The maximum Gasteiger partial charge on any atom is 0.266 e. The predicted molar refractivity (Wildman–Crippen MR) is 99.0 cm³/mol. The Labute approximate surface area is 152 Å². The Balaban J connectivity index is 1.95. The van der Waals surface area contributed by atoms with E-state index in [1.54, 1.807) is 21.7 Å². The number of hydrogen-bond donors (Lipinski definition) is 1. The Morgan fingerprint density at radius 3 is 2.76 bits per heavy atom. The van der Waals surface area contributed by atoms with Gasteiger partial charge in [0.2, 0.25) is 5.91 Å². The third-order valence-electron chi connectivity index (χ3n) is 4.14. The van der Waals surface area contributed by atoms with Crippen molar-refractivity contribution in [2.24, 2.45) is 0 Å². The molecule has 0 saturated carbocycles. The maximum absolute atomic E-state index is 12.8. The van der Waals surface area contributed by atoms with Gasteiger partial charge in [-0.1, -0.05) is 0 Å². The van der Waals surface area contributed by atoms with Gasteiger partial charge in [0.1, 0.15) is 5.82 Å². The van der Waals surface area contributed by atoms with Gasteiger partial charge >= 0.3 is 0 Å². The molecule has 25 heavy (non-hydrogen) atoms. The van der Waals surface area contributed by atoms with E-state index in [4.69, 9.17) is 0 Å². The highest BCUT2D eigenvalue weighted by molar-refractivity contribution is 9.10. The van der Waals surface area contributed by atoms with Crippen LogP contribution in [0.3, 0.4) is 0 Å². The second-order valence-corrected chi connectivity index (χ2v) is 6.64. The molecule has 0 aliphatic rings. The molecule has 3 heterocycles. The number of aryl methyl sites for hydroxylation is 2. The number of aromatic nitrogens is 4. The molecule has 0 unspecified atom stereocenters. The summed E-state index contributed by atoms with van der Waals surface area (Å²) >= 11 is 3.35.